The van der Waals surface area contributed by atoms with Gasteiger partial charge >= 0.3 is 0 Å². The third-order valence-corrected chi connectivity index (χ3v) is 2.60. The molecule has 0 spiro atoms. The van der Waals surface area contributed by atoms with E-state index in [1.165, 1.54) is 13.0 Å². The fourth-order valence-corrected chi connectivity index (χ4v) is 1.85. The lowest BCUT2D eigenvalue weighted by atomic mass is 9.85. The van der Waals surface area contributed by atoms with Gasteiger partial charge in [-0.05, 0) is 13.5 Å². The Kier molecular flexibility index (Phi) is 5.57. The van der Waals surface area contributed by atoms with Crippen molar-refractivity contribution >= 4 is 0 Å². The molecule has 0 saturated carbocycles. The molecule has 2 nitrogen and oxygen atoms in total. The minimum absolute atomic E-state index is 0.442. The largest absolute Gasteiger partial charge is 0.362 e. The van der Waals surface area contributed by atoms with Crippen molar-refractivity contribution in [3.63, 3.8) is 0 Å². The number of fused-ring (bicyclic) bond motifs is 1. The quantitative estimate of drug-likeness (QED) is 0.578. The average molecular weight is 187 g/mol. The van der Waals surface area contributed by atoms with Crippen molar-refractivity contribution in [1.82, 2.24) is 4.90 Å². The van der Waals surface area contributed by atoms with Gasteiger partial charge in [0.15, 0.2) is 0 Å². The predicted molar refractivity (Wildman–Crippen MR) is 57.8 cm³/mol. The van der Waals surface area contributed by atoms with Gasteiger partial charge in [0.1, 0.15) is 6.23 Å². The molecule has 2 atom stereocenters. The minimum atomic E-state index is 0.442. The van der Waals surface area contributed by atoms with Crippen LogP contribution in [0.3, 0.4) is 0 Å². The van der Waals surface area contributed by atoms with Gasteiger partial charge in [-0.15, -0.1) is 0 Å². The van der Waals surface area contributed by atoms with E-state index >= 15 is 0 Å². The minimum Gasteiger partial charge on any atom is -0.362 e. The highest BCUT2D eigenvalue weighted by molar-refractivity contribution is 4.95. The SMILES string of the molecule is CC.CC.CN1CCC2(C)COC12. The Bertz CT molecular complexity index is 138. The summed E-state index contributed by atoms with van der Waals surface area (Å²) in [6.07, 6.45) is 1.76. The molecular weight excluding hydrogens is 162 g/mol. The van der Waals surface area contributed by atoms with Crippen LogP contribution in [-0.4, -0.2) is 31.3 Å². The topological polar surface area (TPSA) is 12.5 Å². The van der Waals surface area contributed by atoms with Gasteiger partial charge in [0.05, 0.1) is 6.61 Å². The number of ether oxygens (including phenoxy) is 1. The second kappa shape index (κ2) is 5.61. The highest BCUT2D eigenvalue weighted by atomic mass is 16.5. The smallest absolute Gasteiger partial charge is 0.118 e. The molecule has 0 aromatic rings. The molecule has 2 fully saturated rings. The van der Waals surface area contributed by atoms with E-state index in [9.17, 15) is 0 Å². The van der Waals surface area contributed by atoms with Crippen molar-refractivity contribution in [3.05, 3.63) is 0 Å². The zero-order chi connectivity index (χ0) is 10.5. The lowest BCUT2D eigenvalue weighted by molar-refractivity contribution is -0.205. The molecule has 0 N–H and O–H groups in total. The van der Waals surface area contributed by atoms with E-state index < -0.39 is 0 Å². The van der Waals surface area contributed by atoms with Crippen molar-refractivity contribution in [1.29, 1.82) is 0 Å². The highest BCUT2D eigenvalue weighted by Gasteiger charge is 2.50. The molecule has 0 amide bonds. The number of hydrogen-bond donors (Lipinski definition) is 0. The van der Waals surface area contributed by atoms with E-state index in [1.54, 1.807) is 0 Å². The van der Waals surface area contributed by atoms with Gasteiger partial charge < -0.3 is 4.74 Å². The van der Waals surface area contributed by atoms with Gasteiger partial charge in [-0.2, -0.15) is 0 Å². The Morgan fingerprint density at radius 1 is 1.23 bits per heavy atom. The van der Waals surface area contributed by atoms with Crippen LogP contribution >= 0.6 is 0 Å². The molecule has 2 heterocycles. The first kappa shape index (κ1) is 12.9. The van der Waals surface area contributed by atoms with Crippen LogP contribution in [0.25, 0.3) is 0 Å². The average Bonchev–Trinajstić information content (AvgIpc) is 2.36. The molecule has 2 unspecified atom stereocenters. The summed E-state index contributed by atoms with van der Waals surface area (Å²) in [7, 11) is 2.13. The Labute approximate surface area is 83.3 Å². The van der Waals surface area contributed by atoms with Crippen LogP contribution in [0.1, 0.15) is 41.0 Å². The monoisotopic (exact) mass is 187 g/mol. The summed E-state index contributed by atoms with van der Waals surface area (Å²) in [4.78, 5) is 2.30. The van der Waals surface area contributed by atoms with Gasteiger partial charge in [-0.3, -0.25) is 4.90 Å². The highest BCUT2D eigenvalue weighted by Crippen LogP contribution is 2.44. The summed E-state index contributed by atoms with van der Waals surface area (Å²) in [5.41, 5.74) is 0.509. The third-order valence-electron chi connectivity index (χ3n) is 2.60. The van der Waals surface area contributed by atoms with Crippen molar-refractivity contribution in [3.8, 4) is 0 Å². The first-order valence-electron chi connectivity index (χ1n) is 5.54. The maximum atomic E-state index is 5.40. The second-order valence-electron chi connectivity index (χ2n) is 3.55. The third kappa shape index (κ3) is 2.44. The van der Waals surface area contributed by atoms with E-state index in [2.05, 4.69) is 18.9 Å². The van der Waals surface area contributed by atoms with Crippen molar-refractivity contribution in [2.75, 3.05) is 20.2 Å². The fourth-order valence-electron chi connectivity index (χ4n) is 1.85. The molecule has 0 aromatic heterocycles. The Hall–Kier alpha value is -0.0800. The zero-order valence-corrected chi connectivity index (χ0v) is 10.1. The summed E-state index contributed by atoms with van der Waals surface area (Å²) < 4.78 is 5.40. The van der Waals surface area contributed by atoms with E-state index in [-0.39, 0.29) is 0 Å². The summed E-state index contributed by atoms with van der Waals surface area (Å²) >= 11 is 0. The van der Waals surface area contributed by atoms with E-state index in [1.807, 2.05) is 27.7 Å². The summed E-state index contributed by atoms with van der Waals surface area (Å²) in [5.74, 6) is 0. The first-order chi connectivity index (χ1) is 6.22. The van der Waals surface area contributed by atoms with Gasteiger partial charge in [-0.1, -0.05) is 34.6 Å². The van der Waals surface area contributed by atoms with Crippen LogP contribution in [0.2, 0.25) is 0 Å². The number of likely N-dealkylation sites (tertiary alicyclic amines) is 1. The Morgan fingerprint density at radius 2 is 1.77 bits per heavy atom. The molecule has 2 rings (SSSR count). The maximum absolute atomic E-state index is 5.40. The summed E-state index contributed by atoms with van der Waals surface area (Å²) in [5, 5.41) is 0. The lowest BCUT2D eigenvalue weighted by Crippen LogP contribution is -2.51. The standard InChI is InChI=1S/C7H13NO.2C2H6/c1-7-3-4-8(2)6(7)9-5-7;2*1-2/h6H,3-5H2,1-2H3;2*1-2H3. The Balaban J connectivity index is 0.000000322. The molecule has 2 heteroatoms. The maximum Gasteiger partial charge on any atom is 0.118 e. The molecular formula is C11H25NO. The predicted octanol–water partition coefficient (Wildman–Crippen LogP) is 2.74. The van der Waals surface area contributed by atoms with Gasteiger partial charge in [0.25, 0.3) is 0 Å². The van der Waals surface area contributed by atoms with Gasteiger partial charge in [0.2, 0.25) is 0 Å². The number of hydrogen-bond acceptors (Lipinski definition) is 2. The van der Waals surface area contributed by atoms with Crippen LogP contribution in [0.4, 0.5) is 0 Å². The summed E-state index contributed by atoms with van der Waals surface area (Å²) in [6.45, 7) is 12.5. The number of nitrogens with zero attached hydrogens (tertiary/aromatic N) is 1. The Morgan fingerprint density at radius 3 is 1.92 bits per heavy atom. The van der Waals surface area contributed by atoms with Crippen molar-refractivity contribution < 1.29 is 4.74 Å². The summed E-state index contributed by atoms with van der Waals surface area (Å²) in [6, 6.07) is 0. The van der Waals surface area contributed by atoms with Crippen LogP contribution in [-0.2, 0) is 4.74 Å². The number of rotatable bonds is 0. The molecule has 13 heavy (non-hydrogen) atoms. The van der Waals surface area contributed by atoms with Crippen LogP contribution in [0, 0.1) is 5.41 Å². The van der Waals surface area contributed by atoms with E-state index in [4.69, 9.17) is 4.74 Å². The second-order valence-corrected chi connectivity index (χ2v) is 3.55. The van der Waals surface area contributed by atoms with Gasteiger partial charge in [0, 0.05) is 12.0 Å². The van der Waals surface area contributed by atoms with Crippen LogP contribution in [0.5, 0.6) is 0 Å². The van der Waals surface area contributed by atoms with Crippen LogP contribution in [0.15, 0.2) is 0 Å². The van der Waals surface area contributed by atoms with E-state index in [0.717, 1.165) is 6.61 Å². The first-order valence-corrected chi connectivity index (χ1v) is 5.54. The molecule has 0 aliphatic carbocycles. The molecule has 80 valence electrons. The van der Waals surface area contributed by atoms with Gasteiger partial charge in [-0.25, -0.2) is 0 Å². The zero-order valence-electron chi connectivity index (χ0n) is 10.1. The van der Waals surface area contributed by atoms with Crippen molar-refractivity contribution in [2.24, 2.45) is 5.41 Å². The molecule has 2 saturated heterocycles. The molecule has 0 bridgehead atoms. The van der Waals surface area contributed by atoms with E-state index in [0.29, 0.717) is 11.6 Å². The molecule has 0 aromatic carbocycles. The lowest BCUT2D eigenvalue weighted by Gasteiger charge is -2.43. The normalized spacial score (nSPS) is 36.0. The molecule has 2 aliphatic rings. The molecule has 2 aliphatic heterocycles. The van der Waals surface area contributed by atoms with Crippen molar-refractivity contribution in [2.45, 2.75) is 47.3 Å². The molecule has 0 radical (unpaired) electrons. The fraction of sp³-hybridized carbons (Fsp3) is 1.00. The van der Waals surface area contributed by atoms with Crippen LogP contribution < -0.4 is 0 Å².